The van der Waals surface area contributed by atoms with Crippen LogP contribution in [0, 0.1) is 24.0 Å². The van der Waals surface area contributed by atoms with Crippen molar-refractivity contribution in [2.45, 2.75) is 20.8 Å². The number of non-ortho nitro benzene ring substituents is 1. The maximum Gasteiger partial charge on any atom is 0.355 e. The fraction of sp³-hybridized carbons (Fsp3) is 0.278. The number of hydrogen-bond acceptors (Lipinski definition) is 7. The molecule has 1 heterocycles. The first-order valence-corrected chi connectivity index (χ1v) is 8.32. The molecule has 2 aromatic rings. The van der Waals surface area contributed by atoms with Crippen LogP contribution in [0.2, 0.25) is 0 Å². The Hall–Kier alpha value is -3.69. The second-order valence-electron chi connectivity index (χ2n) is 5.77. The molecule has 1 aromatic carbocycles. The molecule has 0 aliphatic heterocycles. The highest BCUT2D eigenvalue weighted by atomic mass is 16.6. The van der Waals surface area contributed by atoms with Crippen LogP contribution in [0.15, 0.2) is 24.3 Å². The summed E-state index contributed by atoms with van der Waals surface area (Å²) in [7, 11) is 0. The van der Waals surface area contributed by atoms with E-state index in [0.29, 0.717) is 16.9 Å². The predicted molar refractivity (Wildman–Crippen MR) is 98.2 cm³/mol. The number of benzene rings is 1. The van der Waals surface area contributed by atoms with Crippen LogP contribution in [0.25, 0.3) is 0 Å². The van der Waals surface area contributed by atoms with Crippen LogP contribution in [0.3, 0.4) is 0 Å². The number of ether oxygens (including phenoxy) is 2. The third-order valence-corrected chi connectivity index (χ3v) is 3.82. The molecule has 0 atom stereocenters. The van der Waals surface area contributed by atoms with Gasteiger partial charge < -0.3 is 19.8 Å². The molecule has 0 saturated heterocycles. The molecular formula is C18H19N3O7. The smallest absolute Gasteiger partial charge is 0.355 e. The molecule has 10 nitrogen and oxygen atoms in total. The first-order chi connectivity index (χ1) is 13.2. The lowest BCUT2D eigenvalue weighted by atomic mass is 10.1. The van der Waals surface area contributed by atoms with Gasteiger partial charge >= 0.3 is 11.9 Å². The van der Waals surface area contributed by atoms with E-state index in [0.717, 1.165) is 0 Å². The predicted octanol–water partition coefficient (Wildman–Crippen LogP) is 2.51. The molecular weight excluding hydrogens is 370 g/mol. The Kier molecular flexibility index (Phi) is 6.48. The molecule has 0 fully saturated rings. The van der Waals surface area contributed by atoms with E-state index in [1.54, 1.807) is 20.8 Å². The highest BCUT2D eigenvalue weighted by Crippen LogP contribution is 2.20. The quantitative estimate of drug-likeness (QED) is 0.421. The monoisotopic (exact) mass is 389 g/mol. The Bertz CT molecular complexity index is 916. The van der Waals surface area contributed by atoms with Crippen molar-refractivity contribution < 1.29 is 28.8 Å². The van der Waals surface area contributed by atoms with Crippen LogP contribution in [0.1, 0.15) is 39.0 Å². The summed E-state index contributed by atoms with van der Waals surface area (Å²) in [6, 6.07) is 5.21. The average molecular weight is 389 g/mol. The molecule has 2 N–H and O–H groups in total. The summed E-state index contributed by atoms with van der Waals surface area (Å²) < 4.78 is 9.92. The van der Waals surface area contributed by atoms with Crippen LogP contribution in [-0.4, -0.2) is 41.0 Å². The van der Waals surface area contributed by atoms with Crippen molar-refractivity contribution in [2.75, 3.05) is 18.5 Å². The van der Waals surface area contributed by atoms with Crippen molar-refractivity contribution in [2.24, 2.45) is 0 Å². The molecule has 0 aliphatic carbocycles. The minimum absolute atomic E-state index is 0.111. The number of nitro benzene ring substituents is 1. The Morgan fingerprint density at radius 3 is 2.32 bits per heavy atom. The number of rotatable bonds is 7. The summed E-state index contributed by atoms with van der Waals surface area (Å²) >= 11 is 0. The molecule has 0 unspecified atom stereocenters. The number of nitrogens with zero attached hydrogens (tertiary/aromatic N) is 1. The summed E-state index contributed by atoms with van der Waals surface area (Å²) in [4.78, 5) is 49.0. The molecule has 28 heavy (non-hydrogen) atoms. The SMILES string of the molecule is CCOC(=O)c1[nH]c(C)c(C(=O)OCC(=O)Nc2ccc([N+](=O)[O-])cc2)c1C. The van der Waals surface area contributed by atoms with Gasteiger partial charge in [0.05, 0.1) is 17.1 Å². The maximum atomic E-state index is 12.3. The van der Waals surface area contributed by atoms with Crippen molar-refractivity contribution in [1.29, 1.82) is 0 Å². The zero-order valence-electron chi connectivity index (χ0n) is 15.5. The molecule has 0 saturated carbocycles. The Morgan fingerprint density at radius 2 is 1.75 bits per heavy atom. The van der Waals surface area contributed by atoms with Gasteiger partial charge in [0.15, 0.2) is 6.61 Å². The maximum absolute atomic E-state index is 12.3. The van der Waals surface area contributed by atoms with Gasteiger partial charge in [-0.05, 0) is 38.5 Å². The molecule has 10 heteroatoms. The summed E-state index contributed by atoms with van der Waals surface area (Å²) in [6.45, 7) is 4.47. The molecule has 0 bridgehead atoms. The summed E-state index contributed by atoms with van der Waals surface area (Å²) in [5.74, 6) is -1.96. The summed E-state index contributed by atoms with van der Waals surface area (Å²) in [5, 5.41) is 13.1. The van der Waals surface area contributed by atoms with Crippen LogP contribution in [-0.2, 0) is 14.3 Å². The van der Waals surface area contributed by atoms with Crippen LogP contribution in [0.4, 0.5) is 11.4 Å². The number of carbonyl (C=O) groups excluding carboxylic acids is 3. The number of aromatic amines is 1. The first kappa shape index (κ1) is 20.6. The van der Waals surface area contributed by atoms with Gasteiger partial charge in [-0.1, -0.05) is 0 Å². The number of amides is 1. The van der Waals surface area contributed by atoms with Gasteiger partial charge in [-0.25, -0.2) is 9.59 Å². The van der Waals surface area contributed by atoms with Crippen LogP contribution in [0.5, 0.6) is 0 Å². The number of nitrogens with one attached hydrogen (secondary N) is 2. The van der Waals surface area contributed by atoms with E-state index in [9.17, 15) is 24.5 Å². The lowest BCUT2D eigenvalue weighted by molar-refractivity contribution is -0.384. The zero-order chi connectivity index (χ0) is 20.8. The number of carbonyl (C=O) groups is 3. The van der Waals surface area contributed by atoms with Crippen molar-refractivity contribution in [3.05, 3.63) is 56.9 Å². The van der Waals surface area contributed by atoms with E-state index in [2.05, 4.69) is 10.3 Å². The van der Waals surface area contributed by atoms with Crippen LogP contribution < -0.4 is 5.32 Å². The molecule has 0 spiro atoms. The standard InChI is InChI=1S/C18H19N3O7/c1-4-27-18(24)16-10(2)15(11(3)19-16)17(23)28-9-14(22)20-12-5-7-13(8-6-12)21(25)26/h5-8,19H,4,9H2,1-3H3,(H,20,22). The van der Waals surface area contributed by atoms with E-state index in [1.165, 1.54) is 24.3 Å². The van der Waals surface area contributed by atoms with E-state index in [4.69, 9.17) is 9.47 Å². The normalized spacial score (nSPS) is 10.2. The number of anilines is 1. The molecule has 1 aromatic heterocycles. The minimum atomic E-state index is -0.763. The van der Waals surface area contributed by atoms with E-state index < -0.39 is 29.4 Å². The second kappa shape index (κ2) is 8.80. The highest BCUT2D eigenvalue weighted by molar-refractivity contribution is 6.00. The largest absolute Gasteiger partial charge is 0.461 e. The molecule has 0 aliphatic rings. The second-order valence-corrected chi connectivity index (χ2v) is 5.77. The Labute approximate surface area is 160 Å². The number of aryl methyl sites for hydroxylation is 1. The van der Waals surface area contributed by atoms with Gasteiger partial charge in [-0.2, -0.15) is 0 Å². The third kappa shape index (κ3) is 4.72. The van der Waals surface area contributed by atoms with Crippen molar-refractivity contribution in [3.8, 4) is 0 Å². The Morgan fingerprint density at radius 1 is 1.11 bits per heavy atom. The third-order valence-electron chi connectivity index (χ3n) is 3.82. The lowest BCUT2D eigenvalue weighted by Crippen LogP contribution is -2.21. The number of esters is 2. The number of hydrogen-bond donors (Lipinski definition) is 2. The molecule has 0 radical (unpaired) electrons. The fourth-order valence-corrected chi connectivity index (χ4v) is 2.53. The van der Waals surface area contributed by atoms with E-state index >= 15 is 0 Å². The Balaban J connectivity index is 1.99. The number of aromatic nitrogens is 1. The van der Waals surface area contributed by atoms with Gasteiger partial charge in [-0.3, -0.25) is 14.9 Å². The molecule has 2 rings (SSSR count). The fourth-order valence-electron chi connectivity index (χ4n) is 2.53. The van der Waals surface area contributed by atoms with Gasteiger partial charge in [0.2, 0.25) is 0 Å². The first-order valence-electron chi connectivity index (χ1n) is 8.32. The molecule has 148 valence electrons. The van der Waals surface area contributed by atoms with Crippen molar-refractivity contribution >= 4 is 29.2 Å². The van der Waals surface area contributed by atoms with E-state index in [1.807, 2.05) is 0 Å². The van der Waals surface area contributed by atoms with Crippen LogP contribution >= 0.6 is 0 Å². The minimum Gasteiger partial charge on any atom is -0.461 e. The topological polar surface area (TPSA) is 141 Å². The van der Waals surface area contributed by atoms with Gasteiger partial charge in [0.1, 0.15) is 5.69 Å². The van der Waals surface area contributed by atoms with Crippen molar-refractivity contribution in [3.63, 3.8) is 0 Å². The summed E-state index contributed by atoms with van der Waals surface area (Å²) in [6.07, 6.45) is 0. The summed E-state index contributed by atoms with van der Waals surface area (Å²) in [5.41, 5.74) is 1.32. The van der Waals surface area contributed by atoms with Gasteiger partial charge in [0, 0.05) is 23.5 Å². The number of nitro groups is 1. The van der Waals surface area contributed by atoms with E-state index in [-0.39, 0.29) is 23.6 Å². The highest BCUT2D eigenvalue weighted by Gasteiger charge is 2.24. The molecule has 1 amide bonds. The van der Waals surface area contributed by atoms with Gasteiger partial charge in [-0.15, -0.1) is 0 Å². The average Bonchev–Trinajstić information content (AvgIpc) is 2.95. The van der Waals surface area contributed by atoms with Crippen molar-refractivity contribution in [1.82, 2.24) is 4.98 Å². The zero-order valence-corrected chi connectivity index (χ0v) is 15.5. The lowest BCUT2D eigenvalue weighted by Gasteiger charge is -2.07. The number of H-pyrrole nitrogens is 1. The van der Waals surface area contributed by atoms with Gasteiger partial charge in [0.25, 0.3) is 11.6 Å².